The molecule has 0 atom stereocenters. The molecule has 110 valence electrons. The lowest BCUT2D eigenvalue weighted by Crippen LogP contribution is -2.26. The van der Waals surface area contributed by atoms with Crippen LogP contribution in [0.3, 0.4) is 0 Å². The largest absolute Gasteiger partial charge is 0.270 e. The second-order valence-corrected chi connectivity index (χ2v) is 6.55. The molecule has 0 bridgehead atoms. The standard InChI is InChI=1S/C13H11ClN2O4S/c1-15(13-8-3-2-7-12(13)14)21(19,20)11-6-4-5-10(9-11)16(17)18/h2-9H,1H3. The highest BCUT2D eigenvalue weighted by atomic mass is 35.5. The second-order valence-electron chi connectivity index (χ2n) is 4.18. The predicted octanol–water partition coefficient (Wildman–Crippen LogP) is 3.07. The Kier molecular flexibility index (Phi) is 4.15. The maximum Gasteiger partial charge on any atom is 0.270 e. The fraction of sp³-hybridized carbons (Fsp3) is 0.0769. The molecule has 2 aromatic rings. The highest BCUT2D eigenvalue weighted by Gasteiger charge is 2.24. The van der Waals surface area contributed by atoms with Crippen LogP contribution in [0.25, 0.3) is 0 Å². The van der Waals surface area contributed by atoms with Crippen LogP contribution in [0.5, 0.6) is 0 Å². The van der Waals surface area contributed by atoms with Crippen molar-refractivity contribution in [3.05, 3.63) is 63.7 Å². The molecular formula is C13H11ClN2O4S. The third kappa shape index (κ3) is 2.98. The van der Waals surface area contributed by atoms with Gasteiger partial charge in [-0.3, -0.25) is 14.4 Å². The normalized spacial score (nSPS) is 11.1. The number of nitro benzene ring substituents is 1. The topological polar surface area (TPSA) is 80.5 Å². The first-order valence-corrected chi connectivity index (χ1v) is 7.64. The molecule has 0 spiro atoms. The smallest absolute Gasteiger partial charge is 0.268 e. The van der Waals surface area contributed by atoms with Crippen molar-refractivity contribution >= 4 is 33.0 Å². The fourth-order valence-electron chi connectivity index (χ4n) is 1.75. The summed E-state index contributed by atoms with van der Waals surface area (Å²) in [5.41, 5.74) is 0.00862. The van der Waals surface area contributed by atoms with Crippen LogP contribution in [0.4, 0.5) is 11.4 Å². The van der Waals surface area contributed by atoms with E-state index in [-0.39, 0.29) is 15.6 Å². The summed E-state index contributed by atoms with van der Waals surface area (Å²) in [6, 6.07) is 11.3. The number of nitro groups is 1. The van der Waals surface area contributed by atoms with Crippen LogP contribution >= 0.6 is 11.6 Å². The molecule has 0 heterocycles. The summed E-state index contributed by atoms with van der Waals surface area (Å²) in [5, 5.41) is 11.0. The molecule has 0 N–H and O–H groups in total. The molecule has 0 radical (unpaired) electrons. The fourth-order valence-corrected chi connectivity index (χ4v) is 3.32. The maximum absolute atomic E-state index is 12.5. The highest BCUT2D eigenvalue weighted by Crippen LogP contribution is 2.29. The Labute approximate surface area is 126 Å². The Hall–Kier alpha value is -2.12. The van der Waals surface area contributed by atoms with Crippen molar-refractivity contribution in [3.8, 4) is 0 Å². The average molecular weight is 327 g/mol. The van der Waals surface area contributed by atoms with Crippen LogP contribution in [0.2, 0.25) is 5.02 Å². The monoisotopic (exact) mass is 326 g/mol. The molecular weight excluding hydrogens is 316 g/mol. The van der Waals surface area contributed by atoms with E-state index in [1.165, 1.54) is 25.2 Å². The van der Waals surface area contributed by atoms with Gasteiger partial charge < -0.3 is 0 Å². The Bertz CT molecular complexity index is 792. The number of hydrogen-bond donors (Lipinski definition) is 0. The van der Waals surface area contributed by atoms with Gasteiger partial charge in [0.2, 0.25) is 0 Å². The minimum atomic E-state index is -3.93. The molecule has 2 rings (SSSR count). The van der Waals surface area contributed by atoms with Gasteiger partial charge >= 0.3 is 0 Å². The zero-order valence-corrected chi connectivity index (χ0v) is 12.5. The van der Waals surface area contributed by atoms with Gasteiger partial charge in [-0.25, -0.2) is 8.42 Å². The first-order valence-electron chi connectivity index (χ1n) is 5.82. The number of para-hydroxylation sites is 1. The summed E-state index contributed by atoms with van der Waals surface area (Å²) in [6.45, 7) is 0. The van der Waals surface area contributed by atoms with Crippen LogP contribution in [0, 0.1) is 10.1 Å². The molecule has 6 nitrogen and oxygen atoms in total. The van der Waals surface area contributed by atoms with Gasteiger partial charge in [0.15, 0.2) is 0 Å². The van der Waals surface area contributed by atoms with Gasteiger partial charge in [0.05, 0.1) is 20.5 Å². The Balaban J connectivity index is 2.50. The highest BCUT2D eigenvalue weighted by molar-refractivity contribution is 7.92. The molecule has 0 aromatic heterocycles. The van der Waals surface area contributed by atoms with Gasteiger partial charge in [0.25, 0.3) is 15.7 Å². The Morgan fingerprint density at radius 3 is 2.43 bits per heavy atom. The average Bonchev–Trinajstić information content (AvgIpc) is 2.47. The van der Waals surface area contributed by atoms with Crippen LogP contribution in [-0.2, 0) is 10.0 Å². The molecule has 0 aliphatic rings. The van der Waals surface area contributed by atoms with E-state index in [0.717, 1.165) is 10.4 Å². The number of sulfonamides is 1. The van der Waals surface area contributed by atoms with E-state index in [4.69, 9.17) is 11.6 Å². The van der Waals surface area contributed by atoms with Gasteiger partial charge in [-0.1, -0.05) is 29.8 Å². The maximum atomic E-state index is 12.5. The summed E-state index contributed by atoms with van der Waals surface area (Å²) >= 11 is 5.98. The van der Waals surface area contributed by atoms with E-state index in [2.05, 4.69) is 0 Å². The molecule has 0 saturated carbocycles. The van der Waals surface area contributed by atoms with Gasteiger partial charge in [-0.15, -0.1) is 0 Å². The lowest BCUT2D eigenvalue weighted by molar-refractivity contribution is -0.385. The van der Waals surface area contributed by atoms with Crippen LogP contribution in [-0.4, -0.2) is 20.4 Å². The molecule has 0 aliphatic carbocycles. The van der Waals surface area contributed by atoms with E-state index >= 15 is 0 Å². The molecule has 0 saturated heterocycles. The summed E-state index contributed by atoms with van der Waals surface area (Å²) in [4.78, 5) is 9.94. The molecule has 0 amide bonds. The SMILES string of the molecule is CN(c1ccccc1Cl)S(=O)(=O)c1cccc([N+](=O)[O-])c1. The molecule has 8 heteroatoms. The zero-order chi connectivity index (χ0) is 15.6. The quantitative estimate of drug-likeness (QED) is 0.638. The first kappa shape index (κ1) is 15.3. The summed E-state index contributed by atoms with van der Waals surface area (Å²) < 4.78 is 26.0. The minimum absolute atomic E-state index is 0.167. The zero-order valence-electron chi connectivity index (χ0n) is 10.9. The van der Waals surface area contributed by atoms with E-state index in [9.17, 15) is 18.5 Å². The lowest BCUT2D eigenvalue weighted by Gasteiger charge is -2.20. The Morgan fingerprint density at radius 1 is 1.14 bits per heavy atom. The van der Waals surface area contributed by atoms with Gasteiger partial charge in [-0.05, 0) is 18.2 Å². The number of rotatable bonds is 4. The second kappa shape index (κ2) is 5.71. The van der Waals surface area contributed by atoms with Crippen molar-refractivity contribution < 1.29 is 13.3 Å². The molecule has 0 unspecified atom stereocenters. The van der Waals surface area contributed by atoms with Gasteiger partial charge in [0.1, 0.15) is 0 Å². The molecule has 21 heavy (non-hydrogen) atoms. The summed E-state index contributed by atoms with van der Waals surface area (Å²) in [6.07, 6.45) is 0. The summed E-state index contributed by atoms with van der Waals surface area (Å²) in [5.74, 6) is 0. The number of nitrogens with zero attached hydrogens (tertiary/aromatic N) is 2. The number of non-ortho nitro benzene ring substituents is 1. The number of benzene rings is 2. The first-order chi connectivity index (χ1) is 9.84. The third-order valence-corrected chi connectivity index (χ3v) is 4.97. The van der Waals surface area contributed by atoms with Crippen molar-refractivity contribution in [1.82, 2.24) is 0 Å². The summed E-state index contributed by atoms with van der Waals surface area (Å²) in [7, 11) is -2.58. The molecule has 2 aromatic carbocycles. The van der Waals surface area contributed by atoms with Gasteiger partial charge in [0, 0.05) is 19.2 Å². The van der Waals surface area contributed by atoms with Crippen molar-refractivity contribution in [2.45, 2.75) is 4.90 Å². The third-order valence-electron chi connectivity index (χ3n) is 2.88. The van der Waals surface area contributed by atoms with Gasteiger partial charge in [-0.2, -0.15) is 0 Å². The van der Waals surface area contributed by atoms with Crippen LogP contribution in [0.15, 0.2) is 53.4 Å². The van der Waals surface area contributed by atoms with Crippen molar-refractivity contribution in [1.29, 1.82) is 0 Å². The predicted molar refractivity (Wildman–Crippen MR) is 80.1 cm³/mol. The van der Waals surface area contributed by atoms with Crippen LogP contribution in [0.1, 0.15) is 0 Å². The lowest BCUT2D eigenvalue weighted by atomic mass is 10.3. The van der Waals surface area contributed by atoms with E-state index < -0.39 is 14.9 Å². The van der Waals surface area contributed by atoms with Crippen LogP contribution < -0.4 is 4.31 Å². The molecule has 0 fully saturated rings. The van der Waals surface area contributed by atoms with E-state index in [1.807, 2.05) is 0 Å². The van der Waals surface area contributed by atoms with E-state index in [0.29, 0.717) is 5.69 Å². The van der Waals surface area contributed by atoms with Crippen molar-refractivity contribution in [2.75, 3.05) is 11.4 Å². The number of anilines is 1. The van der Waals surface area contributed by atoms with Crippen molar-refractivity contribution in [2.24, 2.45) is 0 Å². The Morgan fingerprint density at radius 2 is 1.81 bits per heavy atom. The van der Waals surface area contributed by atoms with Crippen molar-refractivity contribution in [3.63, 3.8) is 0 Å². The van der Waals surface area contributed by atoms with E-state index in [1.54, 1.807) is 24.3 Å². The molecule has 0 aliphatic heterocycles. The number of hydrogen-bond acceptors (Lipinski definition) is 4. The minimum Gasteiger partial charge on any atom is -0.268 e. The number of halogens is 1.